The number of carbonyl (C=O) groups is 1. The van der Waals surface area contributed by atoms with Gasteiger partial charge in [-0.15, -0.1) is 0 Å². The third-order valence-corrected chi connectivity index (χ3v) is 4.54. The van der Waals surface area contributed by atoms with Crippen LogP contribution >= 0.6 is 0 Å². The number of benzene rings is 2. The number of pyridine rings is 1. The van der Waals surface area contributed by atoms with E-state index in [9.17, 15) is 4.79 Å². The van der Waals surface area contributed by atoms with Gasteiger partial charge in [-0.3, -0.25) is 9.78 Å². The van der Waals surface area contributed by atoms with Gasteiger partial charge in [0, 0.05) is 18.3 Å². The summed E-state index contributed by atoms with van der Waals surface area (Å²) in [6.07, 6.45) is 3.33. The van der Waals surface area contributed by atoms with Crippen LogP contribution in [0.3, 0.4) is 0 Å². The van der Waals surface area contributed by atoms with E-state index in [1.807, 2.05) is 44.4 Å². The minimum Gasteiger partial charge on any atom is -0.497 e. The third kappa shape index (κ3) is 5.56. The number of hydrogen-bond donors (Lipinski definition) is 1. The summed E-state index contributed by atoms with van der Waals surface area (Å²) in [4.78, 5) is 18.7. The molecule has 0 spiro atoms. The summed E-state index contributed by atoms with van der Waals surface area (Å²) < 4.78 is 11.0. The largest absolute Gasteiger partial charge is 0.497 e. The number of aromatic nitrogens is 1. The van der Waals surface area contributed by atoms with Gasteiger partial charge in [0.15, 0.2) is 0 Å². The molecule has 0 bridgehead atoms. The van der Waals surface area contributed by atoms with Crippen LogP contribution in [0.1, 0.15) is 22.0 Å². The first-order chi connectivity index (χ1) is 14.1. The molecule has 1 aromatic heterocycles. The standard InChI is InChI=1S/C23H25N3O3/c1-26(2)22(18-6-4-7-20(14-18)28-3)16-25-23(27)17-9-11-19(12-10-17)29-21-8-5-13-24-15-21/h4-15,22H,16H2,1-3H3,(H,25,27). The second kappa shape index (κ2) is 9.71. The molecule has 0 aliphatic rings. The van der Waals surface area contributed by atoms with Gasteiger partial charge in [-0.1, -0.05) is 12.1 Å². The number of hydrogen-bond acceptors (Lipinski definition) is 5. The van der Waals surface area contributed by atoms with Crippen molar-refractivity contribution in [3.05, 3.63) is 84.2 Å². The Kier molecular flexibility index (Phi) is 6.81. The number of likely N-dealkylation sites (N-methyl/N-ethyl adjacent to an activating group) is 1. The first-order valence-corrected chi connectivity index (χ1v) is 9.33. The topological polar surface area (TPSA) is 63.7 Å². The summed E-state index contributed by atoms with van der Waals surface area (Å²) in [5, 5.41) is 3.01. The van der Waals surface area contributed by atoms with Gasteiger partial charge >= 0.3 is 0 Å². The first kappa shape index (κ1) is 20.4. The van der Waals surface area contributed by atoms with E-state index < -0.39 is 0 Å². The van der Waals surface area contributed by atoms with E-state index >= 15 is 0 Å². The molecule has 3 rings (SSSR count). The van der Waals surface area contributed by atoms with Gasteiger partial charge in [-0.25, -0.2) is 0 Å². The van der Waals surface area contributed by atoms with Gasteiger partial charge in [0.05, 0.1) is 19.3 Å². The Morgan fingerprint density at radius 2 is 1.79 bits per heavy atom. The van der Waals surface area contributed by atoms with Crippen molar-refractivity contribution in [2.24, 2.45) is 0 Å². The van der Waals surface area contributed by atoms with E-state index in [0.717, 1.165) is 11.3 Å². The quantitative estimate of drug-likeness (QED) is 0.631. The van der Waals surface area contributed by atoms with Gasteiger partial charge in [0.2, 0.25) is 0 Å². The molecule has 1 heterocycles. The number of carbonyl (C=O) groups excluding carboxylic acids is 1. The van der Waals surface area contributed by atoms with E-state index in [4.69, 9.17) is 9.47 Å². The Labute approximate surface area is 171 Å². The summed E-state index contributed by atoms with van der Waals surface area (Å²) >= 11 is 0. The predicted molar refractivity (Wildman–Crippen MR) is 113 cm³/mol. The lowest BCUT2D eigenvalue weighted by Gasteiger charge is -2.25. The summed E-state index contributed by atoms with van der Waals surface area (Å²) in [6, 6.07) is 18.6. The van der Waals surface area contributed by atoms with Crippen molar-refractivity contribution >= 4 is 5.91 Å². The SMILES string of the molecule is COc1cccc(C(CNC(=O)c2ccc(Oc3cccnc3)cc2)N(C)C)c1. The highest BCUT2D eigenvalue weighted by Crippen LogP contribution is 2.23. The second-order valence-corrected chi connectivity index (χ2v) is 6.78. The normalized spacial score (nSPS) is 11.7. The Hall–Kier alpha value is -3.38. The number of nitrogens with one attached hydrogen (secondary N) is 1. The molecule has 29 heavy (non-hydrogen) atoms. The Balaban J connectivity index is 1.62. The molecule has 1 unspecified atom stereocenters. The van der Waals surface area contributed by atoms with Crippen molar-refractivity contribution in [2.45, 2.75) is 6.04 Å². The highest BCUT2D eigenvalue weighted by molar-refractivity contribution is 5.94. The first-order valence-electron chi connectivity index (χ1n) is 9.33. The lowest BCUT2D eigenvalue weighted by atomic mass is 10.1. The molecule has 6 heteroatoms. The van der Waals surface area contributed by atoms with Crippen LogP contribution in [0.4, 0.5) is 0 Å². The Morgan fingerprint density at radius 1 is 1.03 bits per heavy atom. The van der Waals surface area contributed by atoms with Gasteiger partial charge in [-0.05, 0) is 68.2 Å². The maximum absolute atomic E-state index is 12.6. The molecule has 0 saturated carbocycles. The maximum atomic E-state index is 12.6. The fourth-order valence-electron chi connectivity index (χ4n) is 2.96. The molecular formula is C23H25N3O3. The van der Waals surface area contributed by atoms with Crippen molar-refractivity contribution < 1.29 is 14.3 Å². The van der Waals surface area contributed by atoms with E-state index in [2.05, 4.69) is 15.2 Å². The average molecular weight is 391 g/mol. The molecule has 0 radical (unpaired) electrons. The highest BCUT2D eigenvalue weighted by Gasteiger charge is 2.16. The van der Waals surface area contributed by atoms with Crippen LogP contribution in [0.25, 0.3) is 0 Å². The fourth-order valence-corrected chi connectivity index (χ4v) is 2.96. The zero-order valence-corrected chi connectivity index (χ0v) is 16.8. The third-order valence-electron chi connectivity index (χ3n) is 4.54. The molecule has 0 saturated heterocycles. The van der Waals surface area contributed by atoms with Crippen molar-refractivity contribution in [1.82, 2.24) is 15.2 Å². The lowest BCUT2D eigenvalue weighted by molar-refractivity contribution is 0.0942. The number of ether oxygens (including phenoxy) is 2. The van der Waals surface area contributed by atoms with Crippen LogP contribution < -0.4 is 14.8 Å². The minimum absolute atomic E-state index is 0.0298. The predicted octanol–water partition coefficient (Wildman–Crippen LogP) is 3.92. The molecule has 150 valence electrons. The number of rotatable bonds is 8. The Morgan fingerprint density at radius 3 is 2.45 bits per heavy atom. The zero-order chi connectivity index (χ0) is 20.6. The lowest BCUT2D eigenvalue weighted by Crippen LogP contribution is -2.34. The molecule has 1 amide bonds. The molecule has 3 aromatic rings. The number of amides is 1. The number of nitrogens with zero attached hydrogens (tertiary/aromatic N) is 2. The van der Waals surface area contributed by atoms with Gasteiger partial charge in [0.25, 0.3) is 5.91 Å². The molecule has 6 nitrogen and oxygen atoms in total. The highest BCUT2D eigenvalue weighted by atomic mass is 16.5. The van der Waals surface area contributed by atoms with E-state index in [1.165, 1.54) is 0 Å². The van der Waals surface area contributed by atoms with E-state index in [-0.39, 0.29) is 11.9 Å². The maximum Gasteiger partial charge on any atom is 0.251 e. The van der Waals surface area contributed by atoms with Crippen molar-refractivity contribution in [2.75, 3.05) is 27.7 Å². The molecule has 1 N–H and O–H groups in total. The average Bonchev–Trinajstić information content (AvgIpc) is 2.75. The van der Waals surface area contributed by atoms with Crippen LogP contribution in [0.15, 0.2) is 73.1 Å². The number of methoxy groups -OCH3 is 1. The van der Waals surface area contributed by atoms with Crippen LogP contribution in [-0.4, -0.2) is 43.5 Å². The molecule has 0 aliphatic heterocycles. The molecule has 0 aliphatic carbocycles. The van der Waals surface area contributed by atoms with Crippen LogP contribution in [0, 0.1) is 0 Å². The van der Waals surface area contributed by atoms with E-state index in [0.29, 0.717) is 23.6 Å². The molecule has 0 fully saturated rings. The minimum atomic E-state index is -0.132. The summed E-state index contributed by atoms with van der Waals surface area (Å²) in [5.41, 5.74) is 1.65. The fraction of sp³-hybridized carbons (Fsp3) is 0.217. The van der Waals surface area contributed by atoms with Crippen molar-refractivity contribution in [3.8, 4) is 17.2 Å². The van der Waals surface area contributed by atoms with Gasteiger partial charge in [-0.2, -0.15) is 0 Å². The monoisotopic (exact) mass is 391 g/mol. The van der Waals surface area contributed by atoms with Gasteiger partial charge in [0.1, 0.15) is 17.2 Å². The summed E-state index contributed by atoms with van der Waals surface area (Å²) in [6.45, 7) is 0.479. The zero-order valence-electron chi connectivity index (χ0n) is 16.8. The van der Waals surface area contributed by atoms with Crippen LogP contribution in [0.5, 0.6) is 17.2 Å². The Bertz CT molecular complexity index is 928. The van der Waals surface area contributed by atoms with Crippen molar-refractivity contribution in [1.29, 1.82) is 0 Å². The van der Waals surface area contributed by atoms with Crippen molar-refractivity contribution in [3.63, 3.8) is 0 Å². The molecule has 1 atom stereocenters. The second-order valence-electron chi connectivity index (χ2n) is 6.78. The summed E-state index contributed by atoms with van der Waals surface area (Å²) in [5.74, 6) is 1.96. The van der Waals surface area contributed by atoms with E-state index in [1.54, 1.807) is 49.8 Å². The molecular weight excluding hydrogens is 366 g/mol. The van der Waals surface area contributed by atoms with Gasteiger partial charge < -0.3 is 19.7 Å². The summed E-state index contributed by atoms with van der Waals surface area (Å²) in [7, 11) is 5.62. The van der Waals surface area contributed by atoms with Crippen LogP contribution in [-0.2, 0) is 0 Å². The van der Waals surface area contributed by atoms with Crippen LogP contribution in [0.2, 0.25) is 0 Å². The molecule has 2 aromatic carbocycles. The smallest absolute Gasteiger partial charge is 0.251 e.